The number of aryl methyl sites for hydroxylation is 2. The number of ether oxygens (including phenoxy) is 2. The summed E-state index contributed by atoms with van der Waals surface area (Å²) < 4.78 is 27.8. The summed E-state index contributed by atoms with van der Waals surface area (Å²) in [4.78, 5) is 12.1. The van der Waals surface area contributed by atoms with E-state index in [0.717, 1.165) is 27.7 Å². The van der Waals surface area contributed by atoms with Crippen molar-refractivity contribution in [2.75, 3.05) is 7.11 Å². The van der Waals surface area contributed by atoms with E-state index in [1.54, 1.807) is 42.5 Å². The molecular formula is C25H26ClFN3O3-. The highest BCUT2D eigenvalue weighted by Gasteiger charge is 2.10. The smallest absolute Gasteiger partial charge is 0.328 e. The van der Waals surface area contributed by atoms with Gasteiger partial charge < -0.3 is 27.2 Å². The summed E-state index contributed by atoms with van der Waals surface area (Å²) in [7, 11) is 5.15. The molecule has 6 nitrogen and oxygen atoms in total. The van der Waals surface area contributed by atoms with Gasteiger partial charge in [0.2, 0.25) is 0 Å². The van der Waals surface area contributed by atoms with Gasteiger partial charge in [0.05, 0.1) is 18.1 Å². The van der Waals surface area contributed by atoms with Crippen LogP contribution in [0.15, 0.2) is 65.5 Å². The monoisotopic (exact) mass is 470 g/mol. The number of halogens is 2. The Morgan fingerprint density at radius 1 is 0.818 bits per heavy atom. The van der Waals surface area contributed by atoms with Gasteiger partial charge >= 0.3 is 5.69 Å². The van der Waals surface area contributed by atoms with Crippen LogP contribution in [0.1, 0.15) is 16.7 Å². The number of rotatable bonds is 8. The number of fused-ring (bicyclic) bond motifs is 1. The molecule has 174 valence electrons. The second-order valence-electron chi connectivity index (χ2n) is 7.73. The van der Waals surface area contributed by atoms with E-state index in [1.807, 2.05) is 36.4 Å². The summed E-state index contributed by atoms with van der Waals surface area (Å²) in [6.45, 7) is 1.65. The third-order valence-electron chi connectivity index (χ3n) is 5.53. The highest BCUT2D eigenvalue weighted by atomic mass is 35.5. The van der Waals surface area contributed by atoms with Gasteiger partial charge in [0.1, 0.15) is 12.4 Å². The maximum absolute atomic E-state index is 13.0. The van der Waals surface area contributed by atoms with Crippen LogP contribution >= 0.6 is 0 Å². The molecule has 8 heteroatoms. The first-order chi connectivity index (χ1) is 15.5. The lowest BCUT2D eigenvalue weighted by molar-refractivity contribution is -0.00000780. The lowest BCUT2D eigenvalue weighted by atomic mass is 10.1. The number of hydrogen-bond acceptors (Lipinski definition) is 4. The van der Waals surface area contributed by atoms with Crippen LogP contribution in [-0.4, -0.2) is 16.2 Å². The molecule has 0 aliphatic heterocycles. The van der Waals surface area contributed by atoms with E-state index >= 15 is 0 Å². The quantitative estimate of drug-likeness (QED) is 0.416. The van der Waals surface area contributed by atoms with Crippen LogP contribution in [0.2, 0.25) is 0 Å². The summed E-state index contributed by atoms with van der Waals surface area (Å²) in [5, 5.41) is 3.35. The molecule has 0 amide bonds. The van der Waals surface area contributed by atoms with Crippen molar-refractivity contribution in [1.29, 1.82) is 0 Å². The van der Waals surface area contributed by atoms with E-state index in [2.05, 4.69) is 5.32 Å². The number of aromatic nitrogens is 2. The lowest BCUT2D eigenvalue weighted by Crippen LogP contribution is -3.00. The largest absolute Gasteiger partial charge is 1.00 e. The number of nitrogens with zero attached hydrogens (tertiary/aromatic N) is 2. The van der Waals surface area contributed by atoms with Gasteiger partial charge in [-0.15, -0.1) is 0 Å². The molecule has 0 saturated carbocycles. The van der Waals surface area contributed by atoms with Crippen LogP contribution in [0.3, 0.4) is 0 Å². The maximum atomic E-state index is 13.0. The molecule has 4 aromatic rings. The van der Waals surface area contributed by atoms with E-state index in [4.69, 9.17) is 9.47 Å². The topological polar surface area (TPSA) is 57.4 Å². The molecule has 1 aromatic heterocycles. The number of hydrogen-bond donors (Lipinski definition) is 1. The van der Waals surface area contributed by atoms with Crippen LogP contribution < -0.4 is 32.9 Å². The molecule has 0 aliphatic carbocycles. The minimum atomic E-state index is -0.234. The average Bonchev–Trinajstić information content (AvgIpc) is 3.03. The van der Waals surface area contributed by atoms with Crippen LogP contribution in [0, 0.1) is 5.82 Å². The molecule has 0 unspecified atom stereocenters. The molecule has 0 saturated heterocycles. The van der Waals surface area contributed by atoms with Gasteiger partial charge in [-0.05, 0) is 53.1 Å². The van der Waals surface area contributed by atoms with Gasteiger partial charge in [0.25, 0.3) is 0 Å². The first-order valence-electron chi connectivity index (χ1n) is 10.4. The summed E-state index contributed by atoms with van der Waals surface area (Å²) in [5.41, 5.74) is 4.74. The fraction of sp³-hybridized carbons (Fsp3) is 0.240. The van der Waals surface area contributed by atoms with Crippen LogP contribution in [0.4, 0.5) is 4.39 Å². The minimum Gasteiger partial charge on any atom is -1.00 e. The Labute approximate surface area is 198 Å². The summed E-state index contributed by atoms with van der Waals surface area (Å²) in [5.74, 6) is 1.07. The van der Waals surface area contributed by atoms with Crippen molar-refractivity contribution >= 4 is 11.0 Å². The Hall–Kier alpha value is -3.29. The molecule has 0 bridgehead atoms. The van der Waals surface area contributed by atoms with Crippen LogP contribution in [0.25, 0.3) is 11.0 Å². The van der Waals surface area contributed by atoms with E-state index < -0.39 is 0 Å². The molecule has 1 N–H and O–H groups in total. The fourth-order valence-corrected chi connectivity index (χ4v) is 3.70. The Bertz CT molecular complexity index is 1300. The lowest BCUT2D eigenvalue weighted by Gasteiger charge is -2.13. The van der Waals surface area contributed by atoms with Crippen molar-refractivity contribution in [3.05, 3.63) is 93.7 Å². The molecule has 1 heterocycles. The summed E-state index contributed by atoms with van der Waals surface area (Å²) in [6, 6.07) is 18.1. The first-order valence-corrected chi connectivity index (χ1v) is 10.4. The van der Waals surface area contributed by atoms with Crippen molar-refractivity contribution in [2.45, 2.75) is 19.7 Å². The van der Waals surface area contributed by atoms with Crippen LogP contribution in [-0.2, 0) is 33.8 Å². The van der Waals surface area contributed by atoms with Crippen molar-refractivity contribution in [3.63, 3.8) is 0 Å². The zero-order valence-electron chi connectivity index (χ0n) is 18.8. The molecule has 33 heavy (non-hydrogen) atoms. The minimum absolute atomic E-state index is 0. The van der Waals surface area contributed by atoms with Gasteiger partial charge in [-0.2, -0.15) is 0 Å². The van der Waals surface area contributed by atoms with Crippen LogP contribution in [0.5, 0.6) is 11.5 Å². The van der Waals surface area contributed by atoms with Crippen molar-refractivity contribution in [1.82, 2.24) is 14.5 Å². The maximum Gasteiger partial charge on any atom is 0.328 e. The molecule has 4 rings (SSSR count). The van der Waals surface area contributed by atoms with E-state index in [9.17, 15) is 9.18 Å². The molecule has 0 fully saturated rings. The Balaban J connectivity index is 0.00000306. The van der Waals surface area contributed by atoms with E-state index in [0.29, 0.717) is 31.2 Å². The number of nitrogens with one attached hydrogen (secondary N) is 1. The van der Waals surface area contributed by atoms with Gasteiger partial charge in [-0.3, -0.25) is 9.13 Å². The standard InChI is InChI=1S/C25H26FN3O3.ClH/c1-28-21-10-6-19(12-22(21)29(2)25(28)30)16-32-23-11-7-18(13-24(23)31-3)15-27-14-17-4-8-20(26)9-5-17;/h4-13,27H,14-16H2,1-3H3;1H/p-1. The third-order valence-corrected chi connectivity index (χ3v) is 5.53. The molecule has 0 radical (unpaired) electrons. The molecule has 0 spiro atoms. The second kappa shape index (κ2) is 10.6. The van der Waals surface area contributed by atoms with Crippen molar-refractivity contribution < 1.29 is 26.3 Å². The number of methoxy groups -OCH3 is 1. The van der Waals surface area contributed by atoms with Gasteiger partial charge in [-0.1, -0.05) is 24.3 Å². The van der Waals surface area contributed by atoms with E-state index in [1.165, 1.54) is 12.1 Å². The Morgan fingerprint density at radius 2 is 1.45 bits per heavy atom. The van der Waals surface area contributed by atoms with Crippen molar-refractivity contribution in [2.24, 2.45) is 14.1 Å². The molecule has 0 aliphatic rings. The Kier molecular flexibility index (Phi) is 7.79. The third kappa shape index (κ3) is 5.38. The highest BCUT2D eigenvalue weighted by molar-refractivity contribution is 5.76. The number of benzene rings is 3. The zero-order valence-corrected chi connectivity index (χ0v) is 19.5. The summed E-state index contributed by atoms with van der Waals surface area (Å²) in [6.07, 6.45) is 0. The average molecular weight is 471 g/mol. The summed E-state index contributed by atoms with van der Waals surface area (Å²) >= 11 is 0. The normalized spacial score (nSPS) is 10.8. The SMILES string of the molecule is COc1cc(CNCc2ccc(F)cc2)ccc1OCc1ccc2c(c1)n(C)c(=O)n2C.[Cl-]. The van der Waals surface area contributed by atoms with Gasteiger partial charge in [-0.25, -0.2) is 9.18 Å². The second-order valence-corrected chi connectivity index (χ2v) is 7.73. The molecule has 3 aromatic carbocycles. The first kappa shape index (κ1) is 24.4. The van der Waals surface area contributed by atoms with Gasteiger partial charge in [0, 0.05) is 27.2 Å². The number of imidazole rings is 1. The van der Waals surface area contributed by atoms with Crippen molar-refractivity contribution in [3.8, 4) is 11.5 Å². The van der Waals surface area contributed by atoms with E-state index in [-0.39, 0.29) is 23.9 Å². The highest BCUT2D eigenvalue weighted by Crippen LogP contribution is 2.29. The predicted octanol–water partition coefficient (Wildman–Crippen LogP) is 0.898. The molecular weight excluding hydrogens is 445 g/mol. The fourth-order valence-electron chi connectivity index (χ4n) is 3.70. The zero-order chi connectivity index (χ0) is 22.7. The van der Waals surface area contributed by atoms with Gasteiger partial charge in [0.15, 0.2) is 11.5 Å². The Morgan fingerprint density at radius 3 is 2.18 bits per heavy atom. The molecule has 0 atom stereocenters. The predicted molar refractivity (Wildman–Crippen MR) is 122 cm³/mol.